The van der Waals surface area contributed by atoms with Gasteiger partial charge in [0, 0.05) is 29.4 Å². The normalized spacial score (nSPS) is 10.2. The van der Waals surface area contributed by atoms with Gasteiger partial charge in [0.25, 0.3) is 0 Å². The van der Waals surface area contributed by atoms with E-state index in [1.54, 1.807) is 0 Å². The number of rotatable bonds is 5. The Balaban J connectivity index is 1.81. The smallest absolute Gasteiger partial charge is 0.226 e. The van der Waals surface area contributed by atoms with Gasteiger partial charge in [-0.1, -0.05) is 23.7 Å². The Labute approximate surface area is 130 Å². The molecule has 0 aliphatic carbocycles. The van der Waals surface area contributed by atoms with Crippen molar-refractivity contribution in [3.63, 3.8) is 0 Å². The van der Waals surface area contributed by atoms with Gasteiger partial charge in [-0.25, -0.2) is 0 Å². The molecule has 0 saturated heterocycles. The van der Waals surface area contributed by atoms with Gasteiger partial charge >= 0.3 is 0 Å². The van der Waals surface area contributed by atoms with Crippen LogP contribution in [0.1, 0.15) is 17.5 Å². The average Bonchev–Trinajstić information content (AvgIpc) is 2.41. The zero-order chi connectivity index (χ0) is 15.2. The maximum Gasteiger partial charge on any atom is 0.226 e. The van der Waals surface area contributed by atoms with Crippen LogP contribution in [0.25, 0.3) is 0 Å². The van der Waals surface area contributed by atoms with Gasteiger partial charge < -0.3 is 10.6 Å². The standard InChI is InChI=1S/C17H19ClN2O/c1-12-4-3-5-15(10-12)20-17(21)8-9-19-16-7-6-14(18)11-13(16)2/h3-7,10-11,19H,8-9H2,1-2H3,(H,20,21). The maximum atomic E-state index is 11.9. The highest BCUT2D eigenvalue weighted by Crippen LogP contribution is 2.19. The molecule has 0 fully saturated rings. The molecule has 0 aromatic heterocycles. The lowest BCUT2D eigenvalue weighted by Gasteiger charge is -2.10. The third-order valence-electron chi connectivity index (χ3n) is 3.16. The molecule has 0 unspecified atom stereocenters. The van der Waals surface area contributed by atoms with E-state index in [0.717, 1.165) is 27.5 Å². The van der Waals surface area contributed by atoms with Crippen molar-refractivity contribution in [3.05, 3.63) is 58.6 Å². The Morgan fingerprint density at radius 2 is 1.95 bits per heavy atom. The molecule has 3 nitrogen and oxygen atoms in total. The number of amides is 1. The molecule has 0 radical (unpaired) electrons. The molecule has 0 aliphatic heterocycles. The van der Waals surface area contributed by atoms with E-state index in [-0.39, 0.29) is 5.91 Å². The van der Waals surface area contributed by atoms with Crippen molar-refractivity contribution >= 4 is 28.9 Å². The molecule has 2 N–H and O–H groups in total. The molecule has 21 heavy (non-hydrogen) atoms. The first kappa shape index (κ1) is 15.4. The Morgan fingerprint density at radius 3 is 2.67 bits per heavy atom. The van der Waals surface area contributed by atoms with Gasteiger partial charge in [0.2, 0.25) is 5.91 Å². The number of hydrogen-bond acceptors (Lipinski definition) is 2. The minimum Gasteiger partial charge on any atom is -0.384 e. The minimum absolute atomic E-state index is 0.000262. The van der Waals surface area contributed by atoms with E-state index >= 15 is 0 Å². The first-order chi connectivity index (χ1) is 10.0. The molecular formula is C17H19ClN2O. The van der Waals surface area contributed by atoms with Gasteiger partial charge in [0.15, 0.2) is 0 Å². The van der Waals surface area contributed by atoms with E-state index in [2.05, 4.69) is 10.6 Å². The SMILES string of the molecule is Cc1cccc(NC(=O)CCNc2ccc(Cl)cc2C)c1. The highest BCUT2D eigenvalue weighted by atomic mass is 35.5. The summed E-state index contributed by atoms with van der Waals surface area (Å²) in [6.45, 7) is 4.57. The molecule has 4 heteroatoms. The predicted octanol–water partition coefficient (Wildman–Crippen LogP) is 4.40. The van der Waals surface area contributed by atoms with E-state index in [4.69, 9.17) is 11.6 Å². The summed E-state index contributed by atoms with van der Waals surface area (Å²) in [6, 6.07) is 13.4. The van der Waals surface area contributed by atoms with Crippen LogP contribution in [0, 0.1) is 13.8 Å². The number of aryl methyl sites for hydroxylation is 2. The fourth-order valence-corrected chi connectivity index (χ4v) is 2.31. The number of benzene rings is 2. The quantitative estimate of drug-likeness (QED) is 0.859. The van der Waals surface area contributed by atoms with Crippen LogP contribution in [0.4, 0.5) is 11.4 Å². The van der Waals surface area contributed by atoms with Crippen molar-refractivity contribution in [1.82, 2.24) is 0 Å². The molecule has 0 saturated carbocycles. The fourth-order valence-electron chi connectivity index (χ4n) is 2.08. The number of carbonyl (C=O) groups excluding carboxylic acids is 1. The van der Waals surface area contributed by atoms with Crippen molar-refractivity contribution in [3.8, 4) is 0 Å². The summed E-state index contributed by atoms with van der Waals surface area (Å²) < 4.78 is 0. The fraction of sp³-hybridized carbons (Fsp3) is 0.235. The van der Waals surface area contributed by atoms with Crippen molar-refractivity contribution < 1.29 is 4.79 Å². The zero-order valence-electron chi connectivity index (χ0n) is 12.2. The monoisotopic (exact) mass is 302 g/mol. The molecule has 0 aliphatic rings. The molecule has 110 valence electrons. The number of nitrogens with one attached hydrogen (secondary N) is 2. The van der Waals surface area contributed by atoms with Crippen LogP contribution < -0.4 is 10.6 Å². The van der Waals surface area contributed by atoms with Gasteiger partial charge in [-0.3, -0.25) is 4.79 Å². The Hall–Kier alpha value is -2.00. The lowest BCUT2D eigenvalue weighted by molar-refractivity contribution is -0.115. The Bertz CT molecular complexity index is 640. The zero-order valence-corrected chi connectivity index (χ0v) is 13.0. The van der Waals surface area contributed by atoms with Crippen molar-refractivity contribution in [2.24, 2.45) is 0 Å². The van der Waals surface area contributed by atoms with E-state index in [0.29, 0.717) is 13.0 Å². The van der Waals surface area contributed by atoms with Gasteiger partial charge in [0.05, 0.1) is 0 Å². The number of hydrogen-bond donors (Lipinski definition) is 2. The largest absolute Gasteiger partial charge is 0.384 e. The molecule has 0 heterocycles. The first-order valence-corrected chi connectivity index (χ1v) is 7.29. The molecule has 2 aromatic rings. The highest BCUT2D eigenvalue weighted by molar-refractivity contribution is 6.30. The van der Waals surface area contributed by atoms with E-state index < -0.39 is 0 Å². The van der Waals surface area contributed by atoms with E-state index in [1.165, 1.54) is 0 Å². The van der Waals surface area contributed by atoms with Crippen LogP contribution in [0.2, 0.25) is 5.02 Å². The molecule has 0 spiro atoms. The van der Waals surface area contributed by atoms with Gasteiger partial charge in [0.1, 0.15) is 0 Å². The van der Waals surface area contributed by atoms with Crippen molar-refractivity contribution in [1.29, 1.82) is 0 Å². The Morgan fingerprint density at radius 1 is 1.14 bits per heavy atom. The lowest BCUT2D eigenvalue weighted by Crippen LogP contribution is -2.16. The summed E-state index contributed by atoms with van der Waals surface area (Å²) in [5.74, 6) is -0.000262. The summed E-state index contributed by atoms with van der Waals surface area (Å²) in [5, 5.41) is 6.86. The number of carbonyl (C=O) groups is 1. The summed E-state index contributed by atoms with van der Waals surface area (Å²) in [7, 11) is 0. The molecular weight excluding hydrogens is 284 g/mol. The molecule has 0 bridgehead atoms. The van der Waals surface area contributed by atoms with E-state index in [9.17, 15) is 4.79 Å². The predicted molar refractivity (Wildman–Crippen MR) is 89.1 cm³/mol. The topological polar surface area (TPSA) is 41.1 Å². The summed E-state index contributed by atoms with van der Waals surface area (Å²) in [5.41, 5.74) is 4.04. The second-order valence-electron chi connectivity index (χ2n) is 5.05. The van der Waals surface area contributed by atoms with Gasteiger partial charge in [-0.05, 0) is 55.3 Å². The van der Waals surface area contributed by atoms with Crippen LogP contribution in [0.15, 0.2) is 42.5 Å². The minimum atomic E-state index is -0.000262. The Kier molecular flexibility index (Phi) is 5.23. The van der Waals surface area contributed by atoms with E-state index in [1.807, 2.05) is 56.3 Å². The lowest BCUT2D eigenvalue weighted by atomic mass is 10.2. The number of halogens is 1. The third-order valence-corrected chi connectivity index (χ3v) is 3.39. The first-order valence-electron chi connectivity index (χ1n) is 6.91. The molecule has 0 atom stereocenters. The average molecular weight is 303 g/mol. The maximum absolute atomic E-state index is 11.9. The van der Waals surface area contributed by atoms with Crippen molar-refractivity contribution in [2.75, 3.05) is 17.2 Å². The van der Waals surface area contributed by atoms with Crippen LogP contribution in [0.3, 0.4) is 0 Å². The number of anilines is 2. The third kappa shape index (κ3) is 4.80. The second-order valence-corrected chi connectivity index (χ2v) is 5.49. The summed E-state index contributed by atoms with van der Waals surface area (Å²) >= 11 is 5.91. The van der Waals surface area contributed by atoms with Crippen LogP contribution in [0.5, 0.6) is 0 Å². The van der Waals surface area contributed by atoms with Crippen LogP contribution in [-0.4, -0.2) is 12.5 Å². The van der Waals surface area contributed by atoms with Crippen LogP contribution >= 0.6 is 11.6 Å². The second kappa shape index (κ2) is 7.14. The molecule has 1 amide bonds. The van der Waals surface area contributed by atoms with Gasteiger partial charge in [-0.15, -0.1) is 0 Å². The van der Waals surface area contributed by atoms with Crippen LogP contribution in [-0.2, 0) is 4.79 Å². The molecule has 2 aromatic carbocycles. The summed E-state index contributed by atoms with van der Waals surface area (Å²) in [4.78, 5) is 11.9. The van der Waals surface area contributed by atoms with Gasteiger partial charge in [-0.2, -0.15) is 0 Å². The summed E-state index contributed by atoms with van der Waals surface area (Å²) in [6.07, 6.45) is 0.413. The highest BCUT2D eigenvalue weighted by Gasteiger charge is 2.03. The molecule has 2 rings (SSSR count). The van der Waals surface area contributed by atoms with Crippen molar-refractivity contribution in [2.45, 2.75) is 20.3 Å².